The highest BCUT2D eigenvalue weighted by Gasteiger charge is 2.49. The summed E-state index contributed by atoms with van der Waals surface area (Å²) in [5.74, 6) is 0.158. The maximum Gasteiger partial charge on any atom is 0.238 e. The first-order chi connectivity index (χ1) is 8.29. The third kappa shape index (κ3) is 1.55. The maximum atomic E-state index is 12.2. The van der Waals surface area contributed by atoms with E-state index < -0.39 is 0 Å². The number of pyridine rings is 1. The van der Waals surface area contributed by atoms with Gasteiger partial charge in [0.15, 0.2) is 0 Å². The number of carbonyl (C=O) groups is 2. The lowest BCUT2D eigenvalue weighted by molar-refractivity contribution is -0.122. The molecule has 2 atom stereocenters. The van der Waals surface area contributed by atoms with Gasteiger partial charge in [-0.2, -0.15) is 0 Å². The van der Waals surface area contributed by atoms with E-state index >= 15 is 0 Å². The lowest BCUT2D eigenvalue weighted by Crippen LogP contribution is -2.31. The van der Waals surface area contributed by atoms with Crippen molar-refractivity contribution in [1.29, 1.82) is 0 Å². The minimum atomic E-state index is -0.0988. The highest BCUT2D eigenvalue weighted by atomic mass is 16.2. The lowest BCUT2D eigenvalue weighted by Gasteiger charge is -2.19. The fraction of sp³-hybridized carbons (Fsp3) is 0.462. The van der Waals surface area contributed by atoms with Crippen LogP contribution in [-0.4, -0.2) is 16.8 Å². The van der Waals surface area contributed by atoms with Crippen LogP contribution in [0.1, 0.15) is 25.7 Å². The Bertz CT molecular complexity index is 434. The largest absolute Gasteiger partial charge is 0.274 e. The summed E-state index contributed by atoms with van der Waals surface area (Å²) in [6, 6.07) is 5.29. The van der Waals surface area contributed by atoms with Gasteiger partial charge >= 0.3 is 0 Å². The molecule has 2 heterocycles. The van der Waals surface area contributed by atoms with Gasteiger partial charge in [-0.25, -0.2) is 9.88 Å². The molecule has 1 aromatic heterocycles. The van der Waals surface area contributed by atoms with Gasteiger partial charge in [-0.15, -0.1) is 0 Å². The van der Waals surface area contributed by atoms with E-state index in [9.17, 15) is 9.59 Å². The summed E-state index contributed by atoms with van der Waals surface area (Å²) < 4.78 is 0. The van der Waals surface area contributed by atoms with Crippen LogP contribution in [0.25, 0.3) is 0 Å². The summed E-state index contributed by atoms with van der Waals surface area (Å²) >= 11 is 0. The van der Waals surface area contributed by atoms with Crippen molar-refractivity contribution in [3.8, 4) is 0 Å². The summed E-state index contributed by atoms with van der Waals surface area (Å²) in [5.41, 5.74) is 0. The number of aromatic nitrogens is 1. The van der Waals surface area contributed by atoms with Gasteiger partial charge in [0.05, 0.1) is 11.8 Å². The smallest absolute Gasteiger partial charge is 0.238 e. The molecule has 2 aliphatic rings. The average Bonchev–Trinajstić information content (AvgIpc) is 2.64. The second-order valence-electron chi connectivity index (χ2n) is 4.70. The SMILES string of the molecule is O=C1[C@H]2CCCC[C@@H]2C(=O)N1c1ccccn1. The summed E-state index contributed by atoms with van der Waals surface area (Å²) in [7, 11) is 0. The van der Waals surface area contributed by atoms with Gasteiger partial charge < -0.3 is 0 Å². The van der Waals surface area contributed by atoms with Crippen LogP contribution < -0.4 is 4.90 Å². The zero-order valence-electron chi connectivity index (χ0n) is 9.50. The van der Waals surface area contributed by atoms with E-state index in [1.54, 1.807) is 24.4 Å². The van der Waals surface area contributed by atoms with Crippen molar-refractivity contribution in [2.24, 2.45) is 11.8 Å². The molecule has 1 aromatic rings. The van der Waals surface area contributed by atoms with Crippen molar-refractivity contribution in [3.63, 3.8) is 0 Å². The molecule has 3 rings (SSSR count). The molecule has 2 fully saturated rings. The monoisotopic (exact) mass is 230 g/mol. The van der Waals surface area contributed by atoms with Gasteiger partial charge in [0.2, 0.25) is 11.8 Å². The summed E-state index contributed by atoms with van der Waals surface area (Å²) in [6.45, 7) is 0. The van der Waals surface area contributed by atoms with Crippen LogP contribution in [0.4, 0.5) is 5.82 Å². The molecule has 1 aliphatic heterocycles. The van der Waals surface area contributed by atoms with Crippen molar-refractivity contribution in [2.75, 3.05) is 4.90 Å². The first kappa shape index (κ1) is 10.4. The number of fused-ring (bicyclic) bond motifs is 1. The van der Waals surface area contributed by atoms with Gasteiger partial charge in [-0.05, 0) is 25.0 Å². The van der Waals surface area contributed by atoms with Gasteiger partial charge in [0.25, 0.3) is 0 Å². The van der Waals surface area contributed by atoms with Crippen molar-refractivity contribution in [1.82, 2.24) is 4.98 Å². The zero-order chi connectivity index (χ0) is 11.8. The molecule has 0 spiro atoms. The second-order valence-corrected chi connectivity index (χ2v) is 4.70. The Kier molecular flexibility index (Phi) is 2.42. The molecule has 0 N–H and O–H groups in total. The standard InChI is InChI=1S/C13H14N2O2/c16-12-9-5-1-2-6-10(9)13(17)15(12)11-7-3-4-8-14-11/h3-4,7-10H,1-2,5-6H2/t9-,10-/m0/s1. The molecular weight excluding hydrogens is 216 g/mol. The highest BCUT2D eigenvalue weighted by molar-refractivity contribution is 6.21. The summed E-state index contributed by atoms with van der Waals surface area (Å²) in [5, 5.41) is 0. The van der Waals surface area contributed by atoms with Crippen LogP contribution in [0.2, 0.25) is 0 Å². The topological polar surface area (TPSA) is 50.3 Å². The van der Waals surface area contributed by atoms with E-state index in [4.69, 9.17) is 0 Å². The van der Waals surface area contributed by atoms with Gasteiger partial charge in [-0.3, -0.25) is 9.59 Å². The molecule has 2 amide bonds. The van der Waals surface area contributed by atoms with Crippen LogP contribution in [-0.2, 0) is 9.59 Å². The molecular formula is C13H14N2O2. The number of amides is 2. The highest BCUT2D eigenvalue weighted by Crippen LogP contribution is 2.39. The number of nitrogens with zero attached hydrogens (tertiary/aromatic N) is 2. The summed E-state index contributed by atoms with van der Waals surface area (Å²) in [4.78, 5) is 29.8. The first-order valence-electron chi connectivity index (χ1n) is 6.08. The van der Waals surface area contributed by atoms with Crippen LogP contribution >= 0.6 is 0 Å². The Hall–Kier alpha value is -1.71. The Labute approximate surface area is 99.6 Å². The minimum absolute atomic E-state index is 0.0570. The molecule has 1 saturated carbocycles. The maximum absolute atomic E-state index is 12.2. The van der Waals surface area contributed by atoms with E-state index in [-0.39, 0.29) is 23.7 Å². The van der Waals surface area contributed by atoms with Crippen LogP contribution in [0, 0.1) is 11.8 Å². The number of hydrogen-bond donors (Lipinski definition) is 0. The Morgan fingerprint density at radius 1 is 1.06 bits per heavy atom. The molecule has 0 aromatic carbocycles. The van der Waals surface area contributed by atoms with E-state index in [2.05, 4.69) is 4.98 Å². The predicted octanol–water partition coefficient (Wildman–Crippen LogP) is 1.76. The van der Waals surface area contributed by atoms with E-state index in [0.717, 1.165) is 25.7 Å². The molecule has 0 unspecified atom stereocenters. The van der Waals surface area contributed by atoms with Gasteiger partial charge in [-0.1, -0.05) is 18.9 Å². The van der Waals surface area contributed by atoms with Crippen molar-refractivity contribution >= 4 is 17.6 Å². The van der Waals surface area contributed by atoms with Crippen LogP contribution in [0.3, 0.4) is 0 Å². The molecule has 4 nitrogen and oxygen atoms in total. The quantitative estimate of drug-likeness (QED) is 0.691. The molecule has 1 aliphatic carbocycles. The van der Waals surface area contributed by atoms with E-state index in [0.29, 0.717) is 5.82 Å². The number of rotatable bonds is 1. The zero-order valence-corrected chi connectivity index (χ0v) is 9.50. The Morgan fingerprint density at radius 2 is 1.71 bits per heavy atom. The molecule has 88 valence electrons. The van der Waals surface area contributed by atoms with Gasteiger partial charge in [0, 0.05) is 6.20 Å². The van der Waals surface area contributed by atoms with E-state index in [1.807, 2.05) is 0 Å². The van der Waals surface area contributed by atoms with Crippen molar-refractivity contribution in [3.05, 3.63) is 24.4 Å². The minimum Gasteiger partial charge on any atom is -0.274 e. The molecule has 0 radical (unpaired) electrons. The Morgan fingerprint density at radius 3 is 2.24 bits per heavy atom. The Balaban J connectivity index is 1.96. The number of hydrogen-bond acceptors (Lipinski definition) is 3. The number of carbonyl (C=O) groups excluding carboxylic acids is 2. The first-order valence-corrected chi connectivity index (χ1v) is 6.08. The van der Waals surface area contributed by atoms with Crippen molar-refractivity contribution < 1.29 is 9.59 Å². The third-order valence-corrected chi connectivity index (χ3v) is 3.72. The molecule has 0 bridgehead atoms. The third-order valence-electron chi connectivity index (χ3n) is 3.72. The summed E-state index contributed by atoms with van der Waals surface area (Å²) in [6.07, 6.45) is 5.40. The number of anilines is 1. The average molecular weight is 230 g/mol. The fourth-order valence-corrected chi connectivity index (χ4v) is 2.87. The van der Waals surface area contributed by atoms with Gasteiger partial charge in [0.1, 0.15) is 5.82 Å². The van der Waals surface area contributed by atoms with E-state index in [1.165, 1.54) is 4.90 Å². The lowest BCUT2D eigenvalue weighted by atomic mass is 9.81. The molecule has 17 heavy (non-hydrogen) atoms. The molecule has 1 saturated heterocycles. The van der Waals surface area contributed by atoms with Crippen LogP contribution in [0.15, 0.2) is 24.4 Å². The normalized spacial score (nSPS) is 28.4. The predicted molar refractivity (Wildman–Crippen MR) is 62.2 cm³/mol. The fourth-order valence-electron chi connectivity index (χ4n) is 2.87. The second kappa shape index (κ2) is 3.95. The van der Waals surface area contributed by atoms with Crippen LogP contribution in [0.5, 0.6) is 0 Å². The molecule has 4 heteroatoms. The van der Waals surface area contributed by atoms with Crippen molar-refractivity contribution in [2.45, 2.75) is 25.7 Å². The number of imide groups is 1.